The molecule has 0 heterocycles. The molecule has 0 radical (unpaired) electrons. The Kier molecular flexibility index (Phi) is 6.43. The summed E-state index contributed by atoms with van der Waals surface area (Å²) in [6.45, 7) is 9.79. The van der Waals surface area contributed by atoms with Crippen molar-refractivity contribution in [1.82, 2.24) is 0 Å². The van der Waals surface area contributed by atoms with Gasteiger partial charge < -0.3 is 9.47 Å². The Balaban J connectivity index is 2.06. The van der Waals surface area contributed by atoms with Crippen molar-refractivity contribution < 1.29 is 22.1 Å². The van der Waals surface area contributed by atoms with E-state index in [9.17, 15) is 8.42 Å². The minimum atomic E-state index is -3.90. The van der Waals surface area contributed by atoms with Crippen LogP contribution >= 0.6 is 0 Å². The summed E-state index contributed by atoms with van der Waals surface area (Å²) in [6.07, 6.45) is 0. The van der Waals surface area contributed by atoms with Crippen LogP contribution in [0.3, 0.4) is 0 Å². The van der Waals surface area contributed by atoms with Crippen molar-refractivity contribution in [3.05, 3.63) is 70.3 Å². The summed E-state index contributed by atoms with van der Waals surface area (Å²) >= 11 is 0. The number of benzene rings is 3. The van der Waals surface area contributed by atoms with Gasteiger partial charge in [0.05, 0.1) is 14.2 Å². The Morgan fingerprint density at radius 2 is 1.16 bits per heavy atom. The van der Waals surface area contributed by atoms with Gasteiger partial charge in [0.1, 0.15) is 22.1 Å². The zero-order chi connectivity index (χ0) is 22.9. The molecule has 0 N–H and O–H groups in total. The quantitative estimate of drug-likeness (QED) is 0.438. The van der Waals surface area contributed by atoms with Crippen molar-refractivity contribution in [2.45, 2.75) is 39.5 Å². The van der Waals surface area contributed by atoms with Gasteiger partial charge in [-0.2, -0.15) is 8.42 Å². The first-order valence-electron chi connectivity index (χ1n) is 9.93. The van der Waals surface area contributed by atoms with Crippen LogP contribution in [0.25, 0.3) is 11.1 Å². The lowest BCUT2D eigenvalue weighted by Gasteiger charge is -2.17. The molecule has 3 aromatic carbocycles. The molecule has 0 aliphatic carbocycles. The van der Waals surface area contributed by atoms with E-state index in [1.807, 2.05) is 52.8 Å². The second-order valence-corrected chi connectivity index (χ2v) is 9.44. The molecule has 0 aliphatic heterocycles. The topological polar surface area (TPSA) is 61.8 Å². The van der Waals surface area contributed by atoms with Gasteiger partial charge in [-0.25, -0.2) is 0 Å². The van der Waals surface area contributed by atoms with Crippen molar-refractivity contribution in [2.75, 3.05) is 14.2 Å². The van der Waals surface area contributed by atoms with Crippen LogP contribution in [0.1, 0.15) is 27.8 Å². The lowest BCUT2D eigenvalue weighted by molar-refractivity contribution is 0.390. The van der Waals surface area contributed by atoms with Gasteiger partial charge in [0.15, 0.2) is 0 Å². The smallest absolute Gasteiger partial charge is 0.300 e. The standard InChI is InChI=1S/C25H28O5S/c1-15-8-9-22(23(10-15)31(26,27)29-7)30-25-18(4)13-21(14-19(25)5)20-11-16(2)24(28-6)17(3)12-20/h8-14H,1-7H3. The zero-order valence-electron chi connectivity index (χ0n) is 19.0. The molecule has 0 fully saturated rings. The first-order chi connectivity index (χ1) is 14.6. The summed E-state index contributed by atoms with van der Waals surface area (Å²) in [5.41, 5.74) is 6.91. The van der Waals surface area contributed by atoms with E-state index in [0.29, 0.717) is 5.75 Å². The van der Waals surface area contributed by atoms with Crippen molar-refractivity contribution in [1.29, 1.82) is 0 Å². The SMILES string of the molecule is COc1c(C)cc(-c2cc(C)c(Oc3ccc(C)cc3S(=O)(=O)OC)c(C)c2)cc1C. The van der Waals surface area contributed by atoms with Crippen LogP contribution in [-0.4, -0.2) is 22.6 Å². The highest BCUT2D eigenvalue weighted by molar-refractivity contribution is 7.86. The number of ether oxygens (including phenoxy) is 2. The van der Waals surface area contributed by atoms with Gasteiger partial charge in [0.2, 0.25) is 0 Å². The third-order valence-corrected chi connectivity index (χ3v) is 6.55. The Morgan fingerprint density at radius 1 is 0.677 bits per heavy atom. The number of hydrogen-bond donors (Lipinski definition) is 0. The van der Waals surface area contributed by atoms with Gasteiger partial charge >= 0.3 is 0 Å². The number of rotatable bonds is 6. The van der Waals surface area contributed by atoms with Crippen molar-refractivity contribution in [3.8, 4) is 28.4 Å². The summed E-state index contributed by atoms with van der Waals surface area (Å²) in [7, 11) is -1.08. The van der Waals surface area contributed by atoms with Gasteiger partial charge in [0.25, 0.3) is 10.1 Å². The van der Waals surface area contributed by atoms with Crippen LogP contribution in [0.15, 0.2) is 47.4 Å². The maximum absolute atomic E-state index is 12.4. The lowest BCUT2D eigenvalue weighted by Crippen LogP contribution is -2.06. The molecule has 6 heteroatoms. The van der Waals surface area contributed by atoms with Gasteiger partial charge in [-0.3, -0.25) is 4.18 Å². The van der Waals surface area contributed by atoms with Crippen LogP contribution in [-0.2, 0) is 14.3 Å². The summed E-state index contributed by atoms with van der Waals surface area (Å²) < 4.78 is 41.1. The van der Waals surface area contributed by atoms with E-state index in [1.54, 1.807) is 19.2 Å². The van der Waals surface area contributed by atoms with Crippen molar-refractivity contribution in [2.24, 2.45) is 0 Å². The normalized spacial score (nSPS) is 11.5. The number of methoxy groups -OCH3 is 1. The third kappa shape index (κ3) is 4.60. The van der Waals surface area contributed by atoms with Gasteiger partial charge in [-0.15, -0.1) is 0 Å². The van der Waals surface area contributed by atoms with E-state index < -0.39 is 10.1 Å². The van der Waals surface area contributed by atoms with Crippen LogP contribution < -0.4 is 9.47 Å². The van der Waals surface area contributed by atoms with Crippen LogP contribution in [0.2, 0.25) is 0 Å². The van der Waals surface area contributed by atoms with Crippen LogP contribution in [0.4, 0.5) is 0 Å². The molecule has 164 valence electrons. The number of aryl methyl sites for hydroxylation is 5. The van der Waals surface area contributed by atoms with Gasteiger partial charge in [0, 0.05) is 0 Å². The summed E-state index contributed by atoms with van der Waals surface area (Å²) in [5.74, 6) is 1.76. The minimum Gasteiger partial charge on any atom is -0.496 e. The Labute approximate surface area is 184 Å². The predicted molar refractivity (Wildman–Crippen MR) is 123 cm³/mol. The summed E-state index contributed by atoms with van der Waals surface area (Å²) in [6, 6.07) is 13.3. The molecule has 3 aromatic rings. The lowest BCUT2D eigenvalue weighted by atomic mass is 9.96. The van der Waals surface area contributed by atoms with E-state index >= 15 is 0 Å². The first-order valence-corrected chi connectivity index (χ1v) is 11.3. The molecular weight excluding hydrogens is 412 g/mol. The molecule has 0 aliphatic rings. The Bertz CT molecular complexity index is 1200. The fraction of sp³-hybridized carbons (Fsp3) is 0.280. The van der Waals surface area contributed by atoms with Gasteiger partial charge in [-0.1, -0.05) is 6.07 Å². The van der Waals surface area contributed by atoms with Crippen LogP contribution in [0.5, 0.6) is 17.2 Å². The maximum Gasteiger partial charge on any atom is 0.300 e. The largest absolute Gasteiger partial charge is 0.496 e. The molecular formula is C25H28O5S. The highest BCUT2D eigenvalue weighted by Crippen LogP contribution is 2.37. The molecule has 0 amide bonds. The molecule has 0 bridgehead atoms. The fourth-order valence-electron chi connectivity index (χ4n) is 3.81. The van der Waals surface area contributed by atoms with Gasteiger partial charge in [-0.05, 0) is 110 Å². The zero-order valence-corrected chi connectivity index (χ0v) is 19.8. The molecule has 0 saturated heterocycles. The average Bonchev–Trinajstić information content (AvgIpc) is 2.71. The monoisotopic (exact) mass is 440 g/mol. The second kappa shape index (κ2) is 8.73. The predicted octanol–water partition coefficient (Wildman–Crippen LogP) is 6.03. The fourth-order valence-corrected chi connectivity index (χ4v) is 4.68. The van der Waals surface area contributed by atoms with E-state index in [0.717, 1.165) is 51.8 Å². The Hall–Kier alpha value is -2.83. The summed E-state index contributed by atoms with van der Waals surface area (Å²) in [4.78, 5) is 0.0132. The van der Waals surface area contributed by atoms with E-state index in [-0.39, 0.29) is 10.6 Å². The first kappa shape index (κ1) is 22.8. The molecule has 0 aromatic heterocycles. The molecule has 0 atom stereocenters. The molecule has 3 rings (SSSR count). The van der Waals surface area contributed by atoms with E-state index in [2.05, 4.69) is 12.1 Å². The second-order valence-electron chi connectivity index (χ2n) is 7.76. The van der Waals surface area contributed by atoms with Crippen LogP contribution in [0, 0.1) is 34.6 Å². The highest BCUT2D eigenvalue weighted by Gasteiger charge is 2.21. The van der Waals surface area contributed by atoms with Crippen molar-refractivity contribution >= 4 is 10.1 Å². The minimum absolute atomic E-state index is 0.0132. The Morgan fingerprint density at radius 3 is 1.61 bits per heavy atom. The van der Waals surface area contributed by atoms with Crippen molar-refractivity contribution in [3.63, 3.8) is 0 Å². The van der Waals surface area contributed by atoms with E-state index in [1.165, 1.54) is 0 Å². The molecule has 0 saturated carbocycles. The molecule has 5 nitrogen and oxygen atoms in total. The highest BCUT2D eigenvalue weighted by atomic mass is 32.2. The number of hydrogen-bond acceptors (Lipinski definition) is 5. The van der Waals surface area contributed by atoms with E-state index in [4.69, 9.17) is 13.7 Å². The maximum atomic E-state index is 12.4. The molecule has 0 spiro atoms. The average molecular weight is 441 g/mol. The molecule has 0 unspecified atom stereocenters. The molecule has 31 heavy (non-hydrogen) atoms. The summed E-state index contributed by atoms with van der Waals surface area (Å²) in [5, 5.41) is 0. The third-order valence-electron chi connectivity index (χ3n) is 5.26.